The van der Waals surface area contributed by atoms with Crippen LogP contribution in [0.4, 0.5) is 5.69 Å². The number of hydrogen-bond donors (Lipinski definition) is 1. The van der Waals surface area contributed by atoms with Crippen molar-refractivity contribution in [2.24, 2.45) is 4.36 Å². The third kappa shape index (κ3) is 5.53. The van der Waals surface area contributed by atoms with E-state index in [1.165, 1.54) is 12.1 Å². The standard InChI is InChI=1S/C20H23ClN2O5S2/c1-2-28-16-8-6-15(7-9-16)22-30(26,27)17-10-11-19(21)18(14-17)20(24)23-29(25)12-4-3-5-13-29/h6-11,14,22H,2-5,12-13H2,1H3. The number of hydrogen-bond acceptors (Lipinski definition) is 5. The van der Waals surface area contributed by atoms with Crippen LogP contribution in [0.1, 0.15) is 36.5 Å². The van der Waals surface area contributed by atoms with Crippen molar-refractivity contribution >= 4 is 42.9 Å². The number of amides is 1. The second kappa shape index (κ2) is 9.36. The average Bonchev–Trinajstić information content (AvgIpc) is 2.70. The summed E-state index contributed by atoms with van der Waals surface area (Å²) in [6.45, 7) is 2.36. The highest BCUT2D eigenvalue weighted by Crippen LogP contribution is 2.25. The Morgan fingerprint density at radius 3 is 2.43 bits per heavy atom. The van der Waals surface area contributed by atoms with E-state index in [9.17, 15) is 17.4 Å². The second-order valence-corrected chi connectivity index (χ2v) is 11.5. The molecule has 1 aliphatic rings. The summed E-state index contributed by atoms with van der Waals surface area (Å²) < 4.78 is 50.0. The molecule has 3 rings (SSSR count). The van der Waals surface area contributed by atoms with Gasteiger partial charge < -0.3 is 4.74 Å². The summed E-state index contributed by atoms with van der Waals surface area (Å²) >= 11 is 6.11. The maximum absolute atomic E-state index is 12.8. The van der Waals surface area contributed by atoms with E-state index in [0.29, 0.717) is 29.5 Å². The SMILES string of the molecule is CCOc1ccc(NS(=O)(=O)c2ccc(Cl)c(C(=O)N=S3(=O)CCCCC3)c2)cc1. The highest BCUT2D eigenvalue weighted by Gasteiger charge is 2.22. The van der Waals surface area contributed by atoms with Crippen LogP contribution in [-0.2, 0) is 19.8 Å². The predicted molar refractivity (Wildman–Crippen MR) is 118 cm³/mol. The predicted octanol–water partition coefficient (Wildman–Crippen LogP) is 4.33. The van der Waals surface area contributed by atoms with Gasteiger partial charge in [-0.25, -0.2) is 12.6 Å². The quantitative estimate of drug-likeness (QED) is 0.676. The van der Waals surface area contributed by atoms with E-state index in [2.05, 4.69) is 9.08 Å². The number of nitrogens with one attached hydrogen (secondary N) is 1. The number of ether oxygens (including phenoxy) is 1. The number of carbonyl (C=O) groups is 1. The lowest BCUT2D eigenvalue weighted by Crippen LogP contribution is -2.18. The molecule has 1 heterocycles. The molecule has 0 aromatic heterocycles. The first-order valence-corrected chi connectivity index (χ1v) is 13.3. The van der Waals surface area contributed by atoms with Crippen LogP contribution >= 0.6 is 11.6 Å². The first-order valence-electron chi connectivity index (χ1n) is 9.54. The molecular weight excluding hydrogens is 448 g/mol. The molecule has 0 unspecified atom stereocenters. The van der Waals surface area contributed by atoms with Gasteiger partial charge >= 0.3 is 0 Å². The van der Waals surface area contributed by atoms with Crippen LogP contribution in [0.25, 0.3) is 0 Å². The van der Waals surface area contributed by atoms with Crippen molar-refractivity contribution in [3.05, 3.63) is 53.1 Å². The van der Waals surface area contributed by atoms with Crippen LogP contribution < -0.4 is 9.46 Å². The van der Waals surface area contributed by atoms with Gasteiger partial charge in [0.2, 0.25) is 0 Å². The molecule has 10 heteroatoms. The van der Waals surface area contributed by atoms with E-state index in [0.717, 1.165) is 25.3 Å². The van der Waals surface area contributed by atoms with E-state index >= 15 is 0 Å². The van der Waals surface area contributed by atoms with Crippen molar-refractivity contribution in [3.63, 3.8) is 0 Å². The minimum atomic E-state index is -3.97. The second-order valence-electron chi connectivity index (χ2n) is 6.84. The highest BCUT2D eigenvalue weighted by molar-refractivity contribution is 7.94. The van der Waals surface area contributed by atoms with Gasteiger partial charge in [0.1, 0.15) is 5.75 Å². The molecule has 0 atom stereocenters. The van der Waals surface area contributed by atoms with Crippen LogP contribution in [0.2, 0.25) is 5.02 Å². The van der Waals surface area contributed by atoms with Crippen molar-refractivity contribution in [2.45, 2.75) is 31.1 Å². The normalized spacial score (nSPS) is 15.9. The van der Waals surface area contributed by atoms with E-state index in [4.69, 9.17) is 16.3 Å². The molecule has 0 saturated carbocycles. The molecule has 0 bridgehead atoms. The van der Waals surface area contributed by atoms with Crippen molar-refractivity contribution in [1.82, 2.24) is 0 Å². The first kappa shape index (κ1) is 22.6. The summed E-state index contributed by atoms with van der Waals surface area (Å²) in [6, 6.07) is 10.2. The minimum absolute atomic E-state index is 0.0579. The van der Waals surface area contributed by atoms with Gasteiger partial charge in [-0.2, -0.15) is 4.36 Å². The summed E-state index contributed by atoms with van der Waals surface area (Å²) in [7, 11) is -6.59. The lowest BCUT2D eigenvalue weighted by atomic mass is 10.2. The fourth-order valence-electron chi connectivity index (χ4n) is 3.06. The zero-order valence-corrected chi connectivity index (χ0v) is 18.9. The number of nitrogens with zero attached hydrogens (tertiary/aromatic N) is 1. The Balaban J connectivity index is 1.87. The number of carbonyl (C=O) groups excluding carboxylic acids is 1. The van der Waals surface area contributed by atoms with Gasteiger partial charge in [0.25, 0.3) is 15.9 Å². The van der Waals surface area contributed by atoms with Crippen molar-refractivity contribution in [2.75, 3.05) is 22.8 Å². The van der Waals surface area contributed by atoms with Gasteiger partial charge in [-0.3, -0.25) is 9.52 Å². The molecule has 30 heavy (non-hydrogen) atoms. The van der Waals surface area contributed by atoms with Crippen molar-refractivity contribution in [3.8, 4) is 5.75 Å². The van der Waals surface area contributed by atoms with Gasteiger partial charge in [0, 0.05) is 17.2 Å². The summed E-state index contributed by atoms with van der Waals surface area (Å²) in [6.07, 6.45) is 2.47. The molecule has 162 valence electrons. The molecule has 1 amide bonds. The molecule has 1 aliphatic heterocycles. The van der Waals surface area contributed by atoms with E-state index in [1.807, 2.05) is 6.92 Å². The van der Waals surface area contributed by atoms with Crippen LogP contribution in [0, 0.1) is 0 Å². The smallest absolute Gasteiger partial charge is 0.286 e. The van der Waals surface area contributed by atoms with Gasteiger partial charge in [0.15, 0.2) is 0 Å². The molecule has 1 fully saturated rings. The number of anilines is 1. The molecular formula is C20H23ClN2O5S2. The van der Waals surface area contributed by atoms with Gasteiger partial charge in [0.05, 0.1) is 31.8 Å². The van der Waals surface area contributed by atoms with Crippen molar-refractivity contribution < 1.29 is 22.2 Å². The lowest BCUT2D eigenvalue weighted by Gasteiger charge is -2.15. The van der Waals surface area contributed by atoms with Gasteiger partial charge in [-0.15, -0.1) is 0 Å². The Hall–Kier alpha value is -2.10. The fourth-order valence-corrected chi connectivity index (χ4v) is 6.44. The molecule has 1 N–H and O–H groups in total. The topological polar surface area (TPSA) is 102 Å². The highest BCUT2D eigenvalue weighted by atomic mass is 35.5. The van der Waals surface area contributed by atoms with Gasteiger partial charge in [-0.05, 0) is 62.2 Å². The molecule has 0 spiro atoms. The van der Waals surface area contributed by atoms with Crippen LogP contribution in [0.5, 0.6) is 5.75 Å². The third-order valence-corrected chi connectivity index (χ3v) is 8.63. The monoisotopic (exact) mass is 470 g/mol. The minimum Gasteiger partial charge on any atom is -0.494 e. The molecule has 2 aromatic carbocycles. The Labute approximate surface area is 182 Å². The Morgan fingerprint density at radius 2 is 1.80 bits per heavy atom. The van der Waals surface area contributed by atoms with E-state index in [-0.39, 0.29) is 15.5 Å². The maximum atomic E-state index is 12.8. The molecule has 0 aliphatic carbocycles. The van der Waals surface area contributed by atoms with Crippen LogP contribution in [0.15, 0.2) is 51.7 Å². The average molecular weight is 471 g/mol. The number of halogens is 1. The van der Waals surface area contributed by atoms with Crippen LogP contribution in [0.3, 0.4) is 0 Å². The van der Waals surface area contributed by atoms with Crippen molar-refractivity contribution in [1.29, 1.82) is 0 Å². The van der Waals surface area contributed by atoms with Gasteiger partial charge in [-0.1, -0.05) is 18.0 Å². The summed E-state index contributed by atoms with van der Waals surface area (Å²) in [5.74, 6) is 0.601. The molecule has 2 aromatic rings. The molecule has 1 saturated heterocycles. The Bertz CT molecular complexity index is 1140. The molecule has 0 radical (unpaired) electrons. The maximum Gasteiger partial charge on any atom is 0.286 e. The van der Waals surface area contributed by atoms with Crippen LogP contribution in [-0.4, -0.2) is 36.6 Å². The number of sulfonamides is 1. The lowest BCUT2D eigenvalue weighted by molar-refractivity contribution is 0.100. The first-order chi connectivity index (χ1) is 14.2. The largest absolute Gasteiger partial charge is 0.494 e. The summed E-state index contributed by atoms with van der Waals surface area (Å²) in [5.41, 5.74) is 0.260. The Kier molecular flexibility index (Phi) is 7.05. The number of benzene rings is 2. The Morgan fingerprint density at radius 1 is 1.13 bits per heavy atom. The molecule has 7 nitrogen and oxygen atoms in total. The zero-order valence-electron chi connectivity index (χ0n) is 16.5. The zero-order chi connectivity index (χ0) is 21.8. The summed E-state index contributed by atoms with van der Waals surface area (Å²) in [5, 5.41) is 0.0579. The number of rotatable bonds is 6. The summed E-state index contributed by atoms with van der Waals surface area (Å²) in [4.78, 5) is 12.5. The third-order valence-electron chi connectivity index (χ3n) is 4.57. The fraction of sp³-hybridized carbons (Fsp3) is 0.350. The van der Waals surface area contributed by atoms with E-state index in [1.54, 1.807) is 24.3 Å². The van der Waals surface area contributed by atoms with E-state index < -0.39 is 25.7 Å².